The van der Waals surface area contributed by atoms with Crippen molar-refractivity contribution >= 4 is 21.9 Å². The molecule has 1 N–H and O–H groups in total. The van der Waals surface area contributed by atoms with Crippen molar-refractivity contribution < 1.29 is 14.6 Å². The molecule has 0 radical (unpaired) electrons. The third-order valence-electron chi connectivity index (χ3n) is 2.52. The number of carbonyl (C=O) groups is 1. The first-order chi connectivity index (χ1) is 7.63. The van der Waals surface area contributed by atoms with Crippen molar-refractivity contribution in [3.63, 3.8) is 0 Å². The summed E-state index contributed by atoms with van der Waals surface area (Å²) in [5.74, 6) is -0.195. The van der Waals surface area contributed by atoms with Crippen molar-refractivity contribution in [2.45, 2.75) is 18.9 Å². The molecule has 16 heavy (non-hydrogen) atoms. The number of rotatable bonds is 4. The number of nitrogens with zero attached hydrogens (tertiary/aromatic N) is 2. The summed E-state index contributed by atoms with van der Waals surface area (Å²) in [6, 6.07) is 0. The lowest BCUT2D eigenvalue weighted by atomic mass is 10.2. The van der Waals surface area contributed by atoms with E-state index in [9.17, 15) is 4.79 Å². The first-order valence-corrected chi connectivity index (χ1v) is 5.71. The lowest BCUT2D eigenvalue weighted by Gasteiger charge is -2.13. The minimum Gasteiger partial charge on any atom is -0.476 e. The highest BCUT2D eigenvalue weighted by Gasteiger charge is 2.34. The number of aromatic carboxylic acids is 1. The predicted octanol–water partition coefficient (Wildman–Crippen LogP) is 2.03. The summed E-state index contributed by atoms with van der Waals surface area (Å²) in [6.45, 7) is 0. The number of carboxylic acids is 1. The molecule has 0 aromatic carbocycles. The van der Waals surface area contributed by atoms with E-state index in [4.69, 9.17) is 9.84 Å². The molecule has 1 unspecified atom stereocenters. The number of hydrogen-bond donors (Lipinski definition) is 1. The van der Waals surface area contributed by atoms with Gasteiger partial charge in [-0.2, -0.15) is 0 Å². The van der Waals surface area contributed by atoms with Crippen molar-refractivity contribution in [2.24, 2.45) is 5.92 Å². The van der Waals surface area contributed by atoms with Gasteiger partial charge < -0.3 is 9.84 Å². The molecule has 0 bridgehead atoms. The molecule has 1 fully saturated rings. The Hall–Kier alpha value is -1.01. The topological polar surface area (TPSA) is 72.3 Å². The van der Waals surface area contributed by atoms with Gasteiger partial charge in [-0.15, -0.1) is 0 Å². The Morgan fingerprint density at radius 2 is 2.38 bits per heavy atom. The molecule has 86 valence electrons. The average molecular weight is 287 g/mol. The fourth-order valence-corrected chi connectivity index (χ4v) is 1.94. The Balaban J connectivity index is 2.33. The quantitative estimate of drug-likeness (QED) is 0.917. The number of ether oxygens (including phenoxy) is 1. The van der Waals surface area contributed by atoms with Crippen LogP contribution < -0.4 is 0 Å². The van der Waals surface area contributed by atoms with Gasteiger partial charge in [0.05, 0.1) is 4.47 Å². The van der Waals surface area contributed by atoms with E-state index >= 15 is 0 Å². The second-order valence-corrected chi connectivity index (χ2v) is 4.58. The molecule has 0 amide bonds. The first-order valence-electron chi connectivity index (χ1n) is 4.92. The van der Waals surface area contributed by atoms with E-state index in [1.54, 1.807) is 7.11 Å². The van der Waals surface area contributed by atoms with Crippen LogP contribution in [-0.2, 0) is 4.74 Å². The summed E-state index contributed by atoms with van der Waals surface area (Å²) in [5, 5.41) is 8.94. The first kappa shape index (κ1) is 11.5. The normalized spacial score (nSPS) is 17.1. The fourth-order valence-electron chi connectivity index (χ4n) is 1.58. The van der Waals surface area contributed by atoms with Crippen LogP contribution >= 0.6 is 15.9 Å². The molecule has 0 spiro atoms. The van der Waals surface area contributed by atoms with Crippen LogP contribution in [0.4, 0.5) is 0 Å². The van der Waals surface area contributed by atoms with Crippen molar-refractivity contribution in [1.82, 2.24) is 9.97 Å². The monoisotopic (exact) mass is 286 g/mol. The van der Waals surface area contributed by atoms with Crippen LogP contribution in [0.1, 0.15) is 35.3 Å². The minimum atomic E-state index is -1.07. The maximum atomic E-state index is 10.9. The van der Waals surface area contributed by atoms with E-state index in [0.717, 1.165) is 12.8 Å². The maximum Gasteiger partial charge on any atom is 0.355 e. The number of carboxylic acid groups (broad SMARTS) is 1. The maximum absolute atomic E-state index is 10.9. The smallest absolute Gasteiger partial charge is 0.355 e. The van der Waals surface area contributed by atoms with E-state index < -0.39 is 5.97 Å². The predicted molar refractivity (Wildman–Crippen MR) is 59.2 cm³/mol. The van der Waals surface area contributed by atoms with Crippen LogP contribution in [0.2, 0.25) is 0 Å². The molecule has 6 heteroatoms. The van der Waals surface area contributed by atoms with Gasteiger partial charge in [-0.05, 0) is 34.7 Å². The molecule has 2 rings (SSSR count). The standard InChI is InChI=1S/C10H11BrN2O3/c1-16-8(5-2-3-5)9-12-4-6(11)7(13-9)10(14)15/h4-5,8H,2-3H2,1H3,(H,14,15). The van der Waals surface area contributed by atoms with E-state index in [1.807, 2.05) is 0 Å². The van der Waals surface area contributed by atoms with E-state index in [0.29, 0.717) is 16.2 Å². The largest absolute Gasteiger partial charge is 0.476 e. The molecule has 5 nitrogen and oxygen atoms in total. The number of methoxy groups -OCH3 is 1. The number of hydrogen-bond acceptors (Lipinski definition) is 4. The van der Waals surface area contributed by atoms with Gasteiger partial charge in [0, 0.05) is 13.3 Å². The second kappa shape index (κ2) is 4.47. The molecule has 1 aliphatic rings. The zero-order chi connectivity index (χ0) is 11.7. The molecule has 1 aliphatic carbocycles. The van der Waals surface area contributed by atoms with Gasteiger partial charge in [0.2, 0.25) is 0 Å². The van der Waals surface area contributed by atoms with E-state index in [1.165, 1.54) is 6.20 Å². The Morgan fingerprint density at radius 3 is 2.88 bits per heavy atom. The summed E-state index contributed by atoms with van der Waals surface area (Å²) in [6.07, 6.45) is 3.44. The summed E-state index contributed by atoms with van der Waals surface area (Å²) < 4.78 is 5.69. The molecule has 0 saturated heterocycles. The molecule has 1 aromatic heterocycles. The van der Waals surface area contributed by atoms with Crippen LogP contribution in [0.25, 0.3) is 0 Å². The highest BCUT2D eigenvalue weighted by molar-refractivity contribution is 9.10. The van der Waals surface area contributed by atoms with Gasteiger partial charge in [0.25, 0.3) is 0 Å². The lowest BCUT2D eigenvalue weighted by molar-refractivity contribution is 0.0673. The summed E-state index contributed by atoms with van der Waals surface area (Å²) >= 11 is 3.11. The summed E-state index contributed by atoms with van der Waals surface area (Å²) in [4.78, 5) is 19.0. The van der Waals surface area contributed by atoms with Gasteiger partial charge >= 0.3 is 5.97 Å². The molecule has 1 atom stereocenters. The van der Waals surface area contributed by atoms with Gasteiger partial charge in [0.1, 0.15) is 6.10 Å². The molecule has 1 saturated carbocycles. The molecule has 1 aromatic rings. The van der Waals surface area contributed by atoms with Crippen molar-refractivity contribution in [1.29, 1.82) is 0 Å². The summed E-state index contributed by atoms with van der Waals surface area (Å²) in [7, 11) is 1.59. The molecular weight excluding hydrogens is 276 g/mol. The number of halogens is 1. The zero-order valence-corrected chi connectivity index (χ0v) is 10.3. The van der Waals surface area contributed by atoms with Crippen LogP contribution in [0, 0.1) is 5.92 Å². The molecule has 0 aliphatic heterocycles. The molecule has 1 heterocycles. The zero-order valence-electron chi connectivity index (χ0n) is 8.68. The Kier molecular flexibility index (Phi) is 3.20. The van der Waals surface area contributed by atoms with Crippen molar-refractivity contribution in [2.75, 3.05) is 7.11 Å². The van der Waals surface area contributed by atoms with Crippen molar-refractivity contribution in [3.05, 3.63) is 22.2 Å². The van der Waals surface area contributed by atoms with Gasteiger partial charge in [-0.1, -0.05) is 0 Å². The van der Waals surface area contributed by atoms with Crippen LogP contribution in [0.15, 0.2) is 10.7 Å². The lowest BCUT2D eigenvalue weighted by Crippen LogP contribution is -2.12. The fraction of sp³-hybridized carbons (Fsp3) is 0.500. The SMILES string of the molecule is COC(c1ncc(Br)c(C(=O)O)n1)C1CC1. The highest BCUT2D eigenvalue weighted by atomic mass is 79.9. The van der Waals surface area contributed by atoms with Crippen molar-refractivity contribution in [3.8, 4) is 0 Å². The Labute approximate surface area is 101 Å². The molecular formula is C10H11BrN2O3. The Morgan fingerprint density at radius 1 is 1.69 bits per heavy atom. The average Bonchev–Trinajstić information content (AvgIpc) is 3.05. The van der Waals surface area contributed by atoms with Gasteiger partial charge in [0.15, 0.2) is 11.5 Å². The van der Waals surface area contributed by atoms with Crippen LogP contribution in [0.3, 0.4) is 0 Å². The van der Waals surface area contributed by atoms with Gasteiger partial charge in [-0.3, -0.25) is 0 Å². The van der Waals surface area contributed by atoms with Gasteiger partial charge in [-0.25, -0.2) is 14.8 Å². The van der Waals surface area contributed by atoms with E-state index in [-0.39, 0.29) is 11.8 Å². The third-order valence-corrected chi connectivity index (χ3v) is 3.10. The third kappa shape index (κ3) is 2.22. The summed E-state index contributed by atoms with van der Waals surface area (Å²) in [5.41, 5.74) is -0.0206. The van der Waals surface area contributed by atoms with E-state index in [2.05, 4.69) is 25.9 Å². The number of aromatic nitrogens is 2. The van der Waals surface area contributed by atoms with Crippen LogP contribution in [0.5, 0.6) is 0 Å². The van der Waals surface area contributed by atoms with Crippen LogP contribution in [-0.4, -0.2) is 28.2 Å². The second-order valence-electron chi connectivity index (χ2n) is 3.72. The highest BCUT2D eigenvalue weighted by Crippen LogP contribution is 2.41. The Bertz CT molecular complexity index is 421. The minimum absolute atomic E-state index is 0.0206.